The quantitative estimate of drug-likeness (QED) is 0.786. The average Bonchev–Trinajstić information content (AvgIpc) is 2.40. The van der Waals surface area contributed by atoms with Crippen LogP contribution in [0.15, 0.2) is 24.4 Å². The monoisotopic (exact) mass is 355 g/mol. The lowest BCUT2D eigenvalue weighted by molar-refractivity contribution is -0.137. The van der Waals surface area contributed by atoms with E-state index in [1.54, 1.807) is 0 Å². The summed E-state index contributed by atoms with van der Waals surface area (Å²) in [6, 6.07) is 3.64. The molecule has 0 saturated carbocycles. The van der Waals surface area contributed by atoms with Gasteiger partial charge in [-0.25, -0.2) is 0 Å². The maximum Gasteiger partial charge on any atom is 0.417 e. The van der Waals surface area contributed by atoms with Crippen molar-refractivity contribution in [3.63, 3.8) is 0 Å². The molecule has 0 radical (unpaired) electrons. The Kier molecular flexibility index (Phi) is 4.56. The predicted octanol–water partition coefficient (Wildman–Crippen LogP) is 5.36. The first-order valence-corrected chi connectivity index (χ1v) is 6.71. The van der Waals surface area contributed by atoms with Gasteiger partial charge in [0.2, 0.25) is 0 Å². The number of phenols is 1. The Balaban J connectivity index is 2.35. The van der Waals surface area contributed by atoms with E-state index in [-0.39, 0.29) is 32.9 Å². The maximum atomic E-state index is 12.5. The largest absolute Gasteiger partial charge is 0.506 e. The highest BCUT2D eigenvalue weighted by Crippen LogP contribution is 2.36. The van der Waals surface area contributed by atoms with E-state index >= 15 is 0 Å². The Hall–Kier alpha value is -1.17. The molecule has 8 heteroatoms. The molecule has 1 aromatic carbocycles. The van der Waals surface area contributed by atoms with Crippen LogP contribution in [-0.4, -0.2) is 10.1 Å². The molecule has 2 aromatic rings. The molecule has 0 unspecified atom stereocenters. The van der Waals surface area contributed by atoms with Gasteiger partial charge < -0.3 is 5.11 Å². The molecule has 1 heterocycles. The smallest absolute Gasteiger partial charge is 0.417 e. The maximum absolute atomic E-state index is 12.5. The van der Waals surface area contributed by atoms with Crippen molar-refractivity contribution in [2.24, 2.45) is 0 Å². The van der Waals surface area contributed by atoms with Gasteiger partial charge in [-0.05, 0) is 17.7 Å². The lowest BCUT2D eigenvalue weighted by Gasteiger charge is -2.11. The van der Waals surface area contributed by atoms with E-state index in [0.29, 0.717) is 11.8 Å². The molecule has 112 valence electrons. The topological polar surface area (TPSA) is 33.1 Å². The molecule has 0 aliphatic carbocycles. The van der Waals surface area contributed by atoms with Gasteiger partial charge in [-0.2, -0.15) is 13.2 Å². The number of alkyl halides is 3. The van der Waals surface area contributed by atoms with E-state index in [2.05, 4.69) is 4.98 Å². The second kappa shape index (κ2) is 5.91. The number of rotatable bonds is 2. The van der Waals surface area contributed by atoms with Crippen LogP contribution in [-0.2, 0) is 12.6 Å². The number of aromatic hydroxyl groups is 1. The van der Waals surface area contributed by atoms with Gasteiger partial charge >= 0.3 is 6.18 Å². The molecule has 2 nitrogen and oxygen atoms in total. The number of phenolic OH excluding ortho intramolecular Hbond substituents is 1. The van der Waals surface area contributed by atoms with E-state index in [1.165, 1.54) is 12.1 Å². The zero-order chi connectivity index (χ0) is 15.8. The van der Waals surface area contributed by atoms with Crippen molar-refractivity contribution in [1.29, 1.82) is 0 Å². The molecule has 0 spiro atoms. The molecule has 0 bridgehead atoms. The number of hydrogen-bond acceptors (Lipinski definition) is 2. The van der Waals surface area contributed by atoms with Gasteiger partial charge in [0, 0.05) is 12.6 Å². The summed E-state index contributed by atoms with van der Waals surface area (Å²) < 4.78 is 37.6. The third-order valence-corrected chi connectivity index (χ3v) is 3.98. The summed E-state index contributed by atoms with van der Waals surface area (Å²) >= 11 is 17.6. The minimum absolute atomic E-state index is 0.0304. The fourth-order valence-corrected chi connectivity index (χ4v) is 2.29. The van der Waals surface area contributed by atoms with Crippen LogP contribution in [0.25, 0.3) is 0 Å². The highest BCUT2D eigenvalue weighted by atomic mass is 35.5. The molecule has 1 aromatic heterocycles. The van der Waals surface area contributed by atoms with Gasteiger partial charge in [0.15, 0.2) is 0 Å². The SMILES string of the molecule is Oc1ccc(Cc2ncc(C(F)(F)F)cc2Cl)c(Cl)c1Cl. The van der Waals surface area contributed by atoms with Crippen LogP contribution in [0.2, 0.25) is 15.1 Å². The van der Waals surface area contributed by atoms with Crippen molar-refractivity contribution in [1.82, 2.24) is 4.98 Å². The summed E-state index contributed by atoms with van der Waals surface area (Å²) in [5.74, 6) is -0.183. The van der Waals surface area contributed by atoms with Crippen molar-refractivity contribution in [2.75, 3.05) is 0 Å². The lowest BCUT2D eigenvalue weighted by Crippen LogP contribution is -2.07. The Morgan fingerprint density at radius 1 is 1.10 bits per heavy atom. The minimum atomic E-state index is -4.51. The van der Waals surface area contributed by atoms with E-state index in [1.807, 2.05) is 0 Å². The van der Waals surface area contributed by atoms with Crippen LogP contribution >= 0.6 is 34.8 Å². The molecular formula is C13H7Cl3F3NO. The Labute approximate surface area is 133 Å². The van der Waals surface area contributed by atoms with Gasteiger partial charge in [0.1, 0.15) is 10.8 Å². The van der Waals surface area contributed by atoms with Crippen molar-refractivity contribution >= 4 is 34.8 Å². The molecule has 0 saturated heterocycles. The Bertz CT molecular complexity index is 689. The normalized spacial score (nSPS) is 11.7. The van der Waals surface area contributed by atoms with Gasteiger partial charge in [-0.1, -0.05) is 40.9 Å². The molecule has 21 heavy (non-hydrogen) atoms. The van der Waals surface area contributed by atoms with Gasteiger partial charge in [-0.15, -0.1) is 0 Å². The zero-order valence-corrected chi connectivity index (χ0v) is 12.4. The second-order valence-electron chi connectivity index (χ2n) is 4.20. The first-order chi connectivity index (χ1) is 9.70. The van der Waals surface area contributed by atoms with E-state index in [0.717, 1.165) is 6.07 Å². The summed E-state index contributed by atoms with van der Waals surface area (Å²) in [4.78, 5) is 3.72. The van der Waals surface area contributed by atoms with Gasteiger partial charge in [0.05, 0.1) is 21.3 Å². The summed E-state index contributed by atoms with van der Waals surface area (Å²) in [5, 5.41) is 9.34. The highest BCUT2D eigenvalue weighted by Gasteiger charge is 2.31. The van der Waals surface area contributed by atoms with Crippen LogP contribution in [0.5, 0.6) is 5.75 Å². The van der Waals surface area contributed by atoms with Crippen LogP contribution in [0.4, 0.5) is 13.2 Å². The molecule has 1 N–H and O–H groups in total. The minimum Gasteiger partial charge on any atom is -0.506 e. The lowest BCUT2D eigenvalue weighted by atomic mass is 10.1. The fourth-order valence-electron chi connectivity index (χ4n) is 1.65. The van der Waals surface area contributed by atoms with Crippen LogP contribution in [0.1, 0.15) is 16.8 Å². The first kappa shape index (κ1) is 16.2. The fraction of sp³-hybridized carbons (Fsp3) is 0.154. The Morgan fingerprint density at radius 3 is 2.33 bits per heavy atom. The number of hydrogen-bond donors (Lipinski definition) is 1. The first-order valence-electron chi connectivity index (χ1n) is 5.57. The van der Waals surface area contributed by atoms with Crippen LogP contribution in [0, 0.1) is 0 Å². The van der Waals surface area contributed by atoms with Crippen molar-refractivity contribution in [3.8, 4) is 5.75 Å². The molecule has 0 aliphatic rings. The number of aromatic nitrogens is 1. The van der Waals surface area contributed by atoms with Gasteiger partial charge in [-0.3, -0.25) is 4.98 Å². The molecule has 0 fully saturated rings. The third-order valence-electron chi connectivity index (χ3n) is 2.74. The van der Waals surface area contributed by atoms with Crippen molar-refractivity contribution < 1.29 is 18.3 Å². The zero-order valence-electron chi connectivity index (χ0n) is 10.2. The third kappa shape index (κ3) is 3.54. The average molecular weight is 357 g/mol. The summed E-state index contributed by atoms with van der Waals surface area (Å²) in [6.07, 6.45) is -3.71. The molecule has 0 atom stereocenters. The van der Waals surface area contributed by atoms with Crippen LogP contribution < -0.4 is 0 Å². The highest BCUT2D eigenvalue weighted by molar-refractivity contribution is 6.43. The molecule has 0 amide bonds. The standard InChI is InChI=1S/C13H7Cl3F3NO/c14-8-4-7(13(17,18)19)5-20-9(8)3-6-1-2-10(21)12(16)11(6)15/h1-2,4-5,21H,3H2. The predicted molar refractivity (Wildman–Crippen MR) is 75.2 cm³/mol. The second-order valence-corrected chi connectivity index (χ2v) is 5.36. The number of pyridine rings is 1. The summed E-state index contributed by atoms with van der Waals surface area (Å²) in [7, 11) is 0. The van der Waals surface area contributed by atoms with Crippen molar-refractivity contribution in [2.45, 2.75) is 12.6 Å². The van der Waals surface area contributed by atoms with Crippen LogP contribution in [0.3, 0.4) is 0 Å². The van der Waals surface area contributed by atoms with Gasteiger partial charge in [0.25, 0.3) is 0 Å². The van der Waals surface area contributed by atoms with E-state index in [9.17, 15) is 18.3 Å². The summed E-state index contributed by atoms with van der Waals surface area (Å²) in [5.41, 5.74) is -0.201. The molecular weight excluding hydrogens is 350 g/mol. The number of nitrogens with zero attached hydrogens (tertiary/aromatic N) is 1. The van der Waals surface area contributed by atoms with E-state index in [4.69, 9.17) is 34.8 Å². The Morgan fingerprint density at radius 2 is 1.76 bits per heavy atom. The molecule has 0 aliphatic heterocycles. The number of halogens is 6. The summed E-state index contributed by atoms with van der Waals surface area (Å²) in [6.45, 7) is 0. The molecule has 2 rings (SSSR count). The van der Waals surface area contributed by atoms with E-state index < -0.39 is 11.7 Å². The number of benzene rings is 1. The van der Waals surface area contributed by atoms with Crippen molar-refractivity contribution in [3.05, 3.63) is 56.3 Å².